The lowest BCUT2D eigenvalue weighted by Crippen LogP contribution is -2.67. The third kappa shape index (κ3) is 41.7. The van der Waals surface area contributed by atoms with Crippen molar-refractivity contribution in [2.45, 2.75) is 257 Å². The van der Waals surface area contributed by atoms with Crippen molar-refractivity contribution in [2.75, 3.05) is 54.9 Å². The van der Waals surface area contributed by atoms with Gasteiger partial charge in [0.15, 0.2) is 6.10 Å². The number of phosphoric acid groups is 3. The fourth-order valence-corrected chi connectivity index (χ4v) is 16.3. The maximum Gasteiger partial charge on any atom is 0.475 e. The Hall–Kier alpha value is -5.91. The first kappa shape index (κ1) is 95.9. The van der Waals surface area contributed by atoms with Crippen molar-refractivity contribution in [3.63, 3.8) is 0 Å². The van der Waals surface area contributed by atoms with Gasteiger partial charge in [0.25, 0.3) is 0 Å². The van der Waals surface area contributed by atoms with E-state index in [1.54, 1.807) is 127 Å². The van der Waals surface area contributed by atoms with Crippen LogP contribution in [0.2, 0.25) is 0 Å². The lowest BCUT2D eigenvalue weighted by atomic mass is 9.84. The van der Waals surface area contributed by atoms with E-state index < -0.39 is 118 Å². The first-order valence-corrected chi connectivity index (χ1v) is 44.9. The molecule has 5 aromatic rings. The fourth-order valence-electron chi connectivity index (χ4n) is 12.2. The van der Waals surface area contributed by atoms with Crippen molar-refractivity contribution in [1.29, 1.82) is 0 Å². The number of carbonyl (C=O) groups is 2. The van der Waals surface area contributed by atoms with Crippen LogP contribution < -0.4 is 0 Å². The summed E-state index contributed by atoms with van der Waals surface area (Å²) >= 11 is 0. The summed E-state index contributed by atoms with van der Waals surface area (Å²) in [7, 11) is -11.2. The number of phosphoric ester groups is 3. The molecule has 1 aliphatic carbocycles. The number of ether oxygens (including phenoxy) is 8. The van der Waals surface area contributed by atoms with Gasteiger partial charge in [-0.25, -0.2) is 13.7 Å². The zero-order valence-electron chi connectivity index (χ0n) is 67.4. The van der Waals surface area contributed by atoms with Gasteiger partial charge in [-0.15, -0.1) is 0 Å². The Morgan fingerprint density at radius 3 is 0.938 bits per heavy atom. The Kier molecular flexibility index (Phi) is 50.7. The first-order chi connectivity index (χ1) is 55.3. The zero-order chi connectivity index (χ0) is 80.4. The predicted molar refractivity (Wildman–Crippen MR) is 439 cm³/mol. The molecule has 0 aliphatic heterocycles. The smallest absolute Gasteiger partial charge is 0.462 e. The number of unbranched alkanes of at least 4 members (excludes halogenated alkanes) is 18. The fraction of sp³-hybridized carbons (Fsp3) is 0.545. The van der Waals surface area contributed by atoms with Crippen LogP contribution in [0.5, 0.6) is 0 Å². The SMILES string of the molecule is CCCCC/C=C\C/C=C\C/C=C\C/C=C\CCCC(=O)O[C@H](COC(=O)CCCCCCCCCCCCCCCCC)COP(=O)(OCc1ccccc1)OC1[C@H](OCOC)[C@H](OP(=O)(OCc2ccccc2)OCc2ccccc2)C(OCOC)[C@H](OP(=O)(OCc2ccccc2)OCc2ccccc2)[C@H]1OCOC. The predicted octanol–water partition coefficient (Wildman–Crippen LogP) is 22.4. The Bertz CT molecular complexity index is 3300. The highest BCUT2D eigenvalue weighted by molar-refractivity contribution is 7.49. The first-order valence-electron chi connectivity index (χ1n) is 40.5. The van der Waals surface area contributed by atoms with E-state index in [1.165, 1.54) is 105 Å². The molecule has 0 N–H and O–H groups in total. The van der Waals surface area contributed by atoms with E-state index in [-0.39, 0.29) is 39.3 Å². The lowest BCUT2D eigenvalue weighted by Gasteiger charge is -2.49. The van der Waals surface area contributed by atoms with Crippen LogP contribution in [0.4, 0.5) is 0 Å². The summed E-state index contributed by atoms with van der Waals surface area (Å²) in [6.07, 6.45) is 30.5. The largest absolute Gasteiger partial charge is 0.475 e. The molecule has 1 fully saturated rings. The van der Waals surface area contributed by atoms with Gasteiger partial charge in [-0.1, -0.05) is 317 Å². The zero-order valence-corrected chi connectivity index (χ0v) is 70.1. The standard InChI is InChI=1S/C88H127O22P3/c1-6-8-10-12-14-16-18-20-22-23-25-27-29-31-33-35-52-64-82(90)107-80(70-97-81(89)63-51-34-32-30-28-26-24-21-19-17-15-13-11-9-7-2)71-106-113(93,105-69-79-61-49-40-50-62-79)110-88-84(99-73-95-4)86(108-111(91,101-65-75-53-41-36-42-54-75)102-66-76-55-43-37-44-56-76)83(98-72-94-3)87(85(88)100-74-96-5)109-112(92,103-67-77-57-45-38-46-58-77)104-68-78-59-47-39-48-60-78/h14,16,20,22,25,27,31,33,36-50,53-62,80,83-88H,6-13,15,17-19,21,23-24,26,28-30,32,34-35,51-52,63-74H2,1-5H3/b16-14-,22-20-,27-25-,33-31-/t80-,83?,84-,85-,86-,87+,88?,113?/m1/s1. The maximum absolute atomic E-state index is 16.5. The molecule has 6 rings (SSSR count). The molecule has 626 valence electrons. The maximum atomic E-state index is 16.5. The molecule has 3 unspecified atom stereocenters. The molecular formula is C88H127O22P3. The molecule has 8 atom stereocenters. The monoisotopic (exact) mass is 1630 g/mol. The number of allylic oxidation sites excluding steroid dienone is 8. The van der Waals surface area contributed by atoms with E-state index >= 15 is 13.7 Å². The minimum atomic E-state index is -5.28. The van der Waals surface area contributed by atoms with Gasteiger partial charge in [0.2, 0.25) is 0 Å². The van der Waals surface area contributed by atoms with Gasteiger partial charge in [0.1, 0.15) is 63.6 Å². The van der Waals surface area contributed by atoms with Gasteiger partial charge >= 0.3 is 35.4 Å². The average Bonchev–Trinajstić information content (AvgIpc) is 0.747. The van der Waals surface area contributed by atoms with E-state index in [4.69, 9.17) is 78.6 Å². The molecule has 1 saturated carbocycles. The van der Waals surface area contributed by atoms with E-state index in [2.05, 4.69) is 50.3 Å². The second-order valence-corrected chi connectivity index (χ2v) is 32.6. The summed E-state index contributed by atoms with van der Waals surface area (Å²) in [5, 5.41) is 0. The highest BCUT2D eigenvalue weighted by atomic mass is 31.2. The molecule has 0 aromatic heterocycles. The topological polar surface area (TPSA) is 242 Å². The minimum absolute atomic E-state index is 0.0313. The van der Waals surface area contributed by atoms with Crippen LogP contribution in [-0.2, 0) is 135 Å². The van der Waals surface area contributed by atoms with Gasteiger partial charge in [0.05, 0.1) is 39.6 Å². The molecule has 25 heteroatoms. The van der Waals surface area contributed by atoms with Gasteiger partial charge in [-0.2, -0.15) is 0 Å². The quantitative estimate of drug-likeness (QED) is 0.0115. The molecular weight excluding hydrogens is 1500 g/mol. The number of carbonyl (C=O) groups excluding carboxylic acids is 2. The number of esters is 2. The third-order valence-electron chi connectivity index (χ3n) is 18.3. The summed E-state index contributed by atoms with van der Waals surface area (Å²) in [5.41, 5.74) is 2.85. The Balaban J connectivity index is 1.35. The van der Waals surface area contributed by atoms with Crippen LogP contribution in [0, 0.1) is 0 Å². The van der Waals surface area contributed by atoms with Gasteiger partial charge in [-0.05, 0) is 79.2 Å². The lowest BCUT2D eigenvalue weighted by molar-refractivity contribution is -0.277. The molecule has 0 heterocycles. The van der Waals surface area contributed by atoms with Crippen LogP contribution in [0.1, 0.15) is 209 Å². The Morgan fingerprint density at radius 1 is 0.327 bits per heavy atom. The van der Waals surface area contributed by atoms with E-state index in [0.29, 0.717) is 47.1 Å². The molecule has 0 radical (unpaired) electrons. The third-order valence-corrected chi connectivity index (χ3v) is 22.5. The van der Waals surface area contributed by atoms with Crippen molar-refractivity contribution in [1.82, 2.24) is 0 Å². The van der Waals surface area contributed by atoms with Gasteiger partial charge in [-0.3, -0.25) is 50.3 Å². The summed E-state index contributed by atoms with van der Waals surface area (Å²) in [6, 6.07) is 44.2. The second kappa shape index (κ2) is 59.7. The van der Waals surface area contributed by atoms with Crippen molar-refractivity contribution in [3.05, 3.63) is 228 Å². The van der Waals surface area contributed by atoms with E-state index in [1.807, 2.05) is 36.4 Å². The number of methoxy groups -OCH3 is 3. The number of hydrogen-bond donors (Lipinski definition) is 0. The van der Waals surface area contributed by atoms with Gasteiger partial charge < -0.3 is 37.9 Å². The second-order valence-electron chi connectivity index (χ2n) is 27.7. The van der Waals surface area contributed by atoms with Crippen LogP contribution in [0.3, 0.4) is 0 Å². The number of rotatable bonds is 66. The Morgan fingerprint density at radius 2 is 0.611 bits per heavy atom. The van der Waals surface area contributed by atoms with E-state index in [0.717, 1.165) is 51.4 Å². The summed E-state index contributed by atoms with van der Waals surface area (Å²) in [6.45, 7) is -0.144. The highest BCUT2D eigenvalue weighted by Crippen LogP contribution is 2.60. The van der Waals surface area contributed by atoms with Crippen molar-refractivity contribution in [3.8, 4) is 0 Å². The van der Waals surface area contributed by atoms with Crippen LogP contribution in [0.25, 0.3) is 0 Å². The molecule has 113 heavy (non-hydrogen) atoms. The number of benzene rings is 5. The minimum Gasteiger partial charge on any atom is -0.462 e. The highest BCUT2D eigenvalue weighted by Gasteiger charge is 2.61. The molecule has 0 saturated heterocycles. The van der Waals surface area contributed by atoms with Crippen LogP contribution in [-0.4, -0.2) is 110 Å². The van der Waals surface area contributed by atoms with Gasteiger partial charge in [0, 0.05) is 34.2 Å². The number of hydrogen-bond acceptors (Lipinski definition) is 22. The van der Waals surface area contributed by atoms with Crippen molar-refractivity contribution in [2.24, 2.45) is 0 Å². The molecule has 1 aliphatic rings. The van der Waals surface area contributed by atoms with Crippen molar-refractivity contribution < 1.29 is 102 Å². The molecule has 0 bridgehead atoms. The van der Waals surface area contributed by atoms with Crippen molar-refractivity contribution >= 4 is 35.4 Å². The average molecular weight is 1630 g/mol. The summed E-state index contributed by atoms with van der Waals surface area (Å²) in [4.78, 5) is 27.7. The molecule has 0 amide bonds. The molecule has 5 aromatic carbocycles. The van der Waals surface area contributed by atoms with Crippen LogP contribution >= 0.6 is 23.5 Å². The normalized spacial score (nSPS) is 17.7. The van der Waals surface area contributed by atoms with Crippen LogP contribution in [0.15, 0.2) is 200 Å². The molecule has 22 nitrogen and oxygen atoms in total. The summed E-state index contributed by atoms with van der Waals surface area (Å²) < 4.78 is 155. The molecule has 0 spiro atoms. The Labute approximate surface area is 673 Å². The van der Waals surface area contributed by atoms with E-state index in [9.17, 15) is 9.59 Å². The summed E-state index contributed by atoms with van der Waals surface area (Å²) in [5.74, 6) is -1.18.